The highest BCUT2D eigenvalue weighted by Crippen LogP contribution is 2.70. The van der Waals surface area contributed by atoms with Gasteiger partial charge in [-0.25, -0.2) is 4.79 Å². The average Bonchev–Trinajstić information content (AvgIpc) is 3.84. The van der Waals surface area contributed by atoms with Gasteiger partial charge in [0.1, 0.15) is 55.4 Å². The van der Waals surface area contributed by atoms with Crippen LogP contribution in [0.3, 0.4) is 0 Å². The Morgan fingerprint density at radius 3 is 1.93 bits per heavy atom. The zero-order valence-electron chi connectivity index (χ0n) is 40.5. The molecule has 20 heteroatoms. The van der Waals surface area contributed by atoms with Crippen LogP contribution in [0, 0.1) is 34.5 Å². The number of esters is 2. The molecule has 392 valence electrons. The van der Waals surface area contributed by atoms with Crippen molar-refractivity contribution in [2.45, 2.75) is 234 Å². The van der Waals surface area contributed by atoms with E-state index in [9.17, 15) is 50.4 Å². The molecule has 9 rings (SSSR count). The highest BCUT2D eigenvalue weighted by molar-refractivity contribution is 5.85. The molecule has 0 amide bonds. The maximum atomic E-state index is 12.6. The van der Waals surface area contributed by atoms with Crippen molar-refractivity contribution in [2.75, 3.05) is 13.2 Å². The summed E-state index contributed by atoms with van der Waals surface area (Å²) >= 11 is 0. The van der Waals surface area contributed by atoms with Gasteiger partial charge in [-0.15, -0.1) is 0 Å². The minimum Gasteiger partial charge on any atom is -0.459 e. The van der Waals surface area contributed by atoms with Gasteiger partial charge in [0.05, 0.1) is 54.9 Å². The van der Waals surface area contributed by atoms with Crippen LogP contribution >= 0.6 is 0 Å². The molecule has 20 nitrogen and oxygen atoms in total. The predicted molar refractivity (Wildman–Crippen MR) is 235 cm³/mol. The lowest BCUT2D eigenvalue weighted by molar-refractivity contribution is -0.355. The van der Waals surface area contributed by atoms with E-state index >= 15 is 0 Å². The van der Waals surface area contributed by atoms with E-state index in [0.29, 0.717) is 25.2 Å². The molecule has 0 radical (unpaired) electrons. The molecule has 0 aromatic carbocycles. The van der Waals surface area contributed by atoms with Gasteiger partial charge in [0.2, 0.25) is 0 Å². The van der Waals surface area contributed by atoms with Crippen LogP contribution in [-0.2, 0) is 57.0 Å². The fourth-order valence-electron chi connectivity index (χ4n) is 14.6. The lowest BCUT2D eigenvalue weighted by Crippen LogP contribution is -2.67. The molecule has 26 atom stereocenters. The van der Waals surface area contributed by atoms with E-state index in [1.807, 2.05) is 6.92 Å². The van der Waals surface area contributed by atoms with Crippen LogP contribution in [0.25, 0.3) is 0 Å². The largest absolute Gasteiger partial charge is 0.459 e. The van der Waals surface area contributed by atoms with Crippen molar-refractivity contribution in [1.82, 2.24) is 0 Å². The molecular weight excluding hydrogens is 909 g/mol. The van der Waals surface area contributed by atoms with Gasteiger partial charge in [-0.1, -0.05) is 13.8 Å². The van der Waals surface area contributed by atoms with E-state index in [2.05, 4.69) is 6.92 Å². The lowest BCUT2D eigenvalue weighted by Gasteiger charge is -2.65. The first-order valence-corrected chi connectivity index (χ1v) is 25.3. The van der Waals surface area contributed by atoms with Crippen LogP contribution in [-0.4, -0.2) is 188 Å². The van der Waals surface area contributed by atoms with E-state index in [1.165, 1.54) is 6.92 Å². The molecule has 5 heterocycles. The van der Waals surface area contributed by atoms with E-state index in [4.69, 9.17) is 47.4 Å². The number of aliphatic hydroxyl groups is 8. The maximum absolute atomic E-state index is 12.6. The number of carbonyl (C=O) groups excluding carboxylic acids is 2. The van der Waals surface area contributed by atoms with Crippen LogP contribution in [0.1, 0.15) is 112 Å². The van der Waals surface area contributed by atoms with Crippen molar-refractivity contribution in [1.29, 1.82) is 0 Å². The van der Waals surface area contributed by atoms with Gasteiger partial charge in [0, 0.05) is 37.7 Å². The van der Waals surface area contributed by atoms with E-state index in [-0.39, 0.29) is 61.1 Å². The fourth-order valence-corrected chi connectivity index (χ4v) is 14.6. The molecule has 4 saturated heterocycles. The number of rotatable bonds is 11. The molecule has 69 heavy (non-hydrogen) atoms. The number of cyclic esters (lactones) is 1. The molecule has 0 bridgehead atoms. The topological polar surface area (TPSA) is 288 Å². The van der Waals surface area contributed by atoms with Gasteiger partial charge >= 0.3 is 11.9 Å². The molecule has 4 saturated carbocycles. The fraction of sp³-hybridized carbons (Fsp3) is 0.918. The van der Waals surface area contributed by atoms with Crippen LogP contribution in [0.2, 0.25) is 0 Å². The third kappa shape index (κ3) is 9.48. The van der Waals surface area contributed by atoms with Gasteiger partial charge in [-0.3, -0.25) is 4.79 Å². The summed E-state index contributed by atoms with van der Waals surface area (Å²) < 4.78 is 60.1. The smallest absolute Gasteiger partial charge is 0.331 e. The molecule has 9 aliphatic rings. The molecule has 5 aliphatic heterocycles. The zero-order chi connectivity index (χ0) is 49.5. The third-order valence-corrected chi connectivity index (χ3v) is 18.4. The van der Waals surface area contributed by atoms with Gasteiger partial charge in [0.15, 0.2) is 25.2 Å². The van der Waals surface area contributed by atoms with Crippen molar-refractivity contribution < 1.29 is 97.8 Å². The Balaban J connectivity index is 0.752. The molecule has 4 aliphatic carbocycles. The maximum Gasteiger partial charge on any atom is 0.331 e. The molecule has 0 aromatic heterocycles. The Morgan fingerprint density at radius 2 is 1.33 bits per heavy atom. The zero-order valence-corrected chi connectivity index (χ0v) is 40.5. The molecule has 8 fully saturated rings. The number of carbonyl (C=O) groups is 2. The predicted octanol–water partition coefficient (Wildman–Crippen LogP) is 0.613. The Kier molecular flexibility index (Phi) is 15.1. The standard InChI is InChI=1S/C49H76O20/c1-21-43(67-38-17-32(53)44(22(2)62-38)68-39-18-33(64-24(4)51)45(23(3)63-39)69-46-42(58)41(57)40(56)34(19-50)66-46)31(52)16-37(61-21)65-27-9-11-47(5)26(14-27)7-8-29-30(47)15-35(54)48(6)28(10-12-49(29,48)59)25-13-36(55)60-20-25/h13,21-23,26-35,37-46,50,52-54,56-59H,7-12,14-20H2,1-6H3/t21-,22-,23-,26-,27-,28+,29+,30+,31-,32-,33-,34+,35+,37-,38-,39+,40+,41-,42+,43+,44+,45-,46-,47+,48+,49+/m1/s1. The summed E-state index contributed by atoms with van der Waals surface area (Å²) in [5.41, 5.74) is -1.01. The summed E-state index contributed by atoms with van der Waals surface area (Å²) in [5, 5.41) is 88.1. The van der Waals surface area contributed by atoms with Gasteiger partial charge < -0.3 is 88.2 Å². The number of hydrogen-bond acceptors (Lipinski definition) is 20. The first-order chi connectivity index (χ1) is 32.6. The number of hydrogen-bond donors (Lipinski definition) is 8. The normalized spacial score (nSPS) is 53.3. The van der Waals surface area contributed by atoms with Gasteiger partial charge in [0.25, 0.3) is 0 Å². The Labute approximate surface area is 402 Å². The van der Waals surface area contributed by atoms with Gasteiger partial charge in [-0.2, -0.15) is 0 Å². The monoisotopic (exact) mass is 984 g/mol. The van der Waals surface area contributed by atoms with Gasteiger partial charge in [-0.05, 0) is 107 Å². The highest BCUT2D eigenvalue weighted by atomic mass is 16.8. The molecule has 0 spiro atoms. The Morgan fingerprint density at radius 1 is 0.710 bits per heavy atom. The van der Waals surface area contributed by atoms with Crippen LogP contribution in [0.5, 0.6) is 0 Å². The van der Waals surface area contributed by atoms with Crippen molar-refractivity contribution in [3.63, 3.8) is 0 Å². The van der Waals surface area contributed by atoms with E-state index in [0.717, 1.165) is 37.7 Å². The summed E-state index contributed by atoms with van der Waals surface area (Å²) in [6.07, 6.45) is -11.1. The van der Waals surface area contributed by atoms with Crippen molar-refractivity contribution in [3.8, 4) is 0 Å². The summed E-state index contributed by atoms with van der Waals surface area (Å²) in [6, 6.07) is 0. The van der Waals surface area contributed by atoms with E-state index in [1.54, 1.807) is 26.8 Å². The summed E-state index contributed by atoms with van der Waals surface area (Å²) in [7, 11) is 0. The Hall–Kier alpha value is -1.96. The van der Waals surface area contributed by atoms with Crippen molar-refractivity contribution in [2.24, 2.45) is 34.5 Å². The van der Waals surface area contributed by atoms with Crippen LogP contribution in [0.15, 0.2) is 11.6 Å². The molecule has 0 unspecified atom stereocenters. The first-order valence-electron chi connectivity index (χ1n) is 25.3. The van der Waals surface area contributed by atoms with Crippen LogP contribution < -0.4 is 0 Å². The van der Waals surface area contributed by atoms with E-state index < -0.39 is 134 Å². The number of aliphatic hydroxyl groups excluding tert-OH is 7. The highest BCUT2D eigenvalue weighted by Gasteiger charge is 2.71. The summed E-state index contributed by atoms with van der Waals surface area (Å²) in [4.78, 5) is 24.2. The van der Waals surface area contributed by atoms with Crippen LogP contribution in [0.4, 0.5) is 0 Å². The quantitative estimate of drug-likeness (QED) is 0.104. The minimum absolute atomic E-state index is 0.00421. The van der Waals surface area contributed by atoms with Crippen molar-refractivity contribution in [3.05, 3.63) is 11.6 Å². The second-order valence-corrected chi connectivity index (χ2v) is 22.2. The average molecular weight is 985 g/mol. The lowest BCUT2D eigenvalue weighted by atomic mass is 9.42. The summed E-state index contributed by atoms with van der Waals surface area (Å²) in [5.74, 6) is -0.580. The second-order valence-electron chi connectivity index (χ2n) is 22.2. The summed E-state index contributed by atoms with van der Waals surface area (Å²) in [6.45, 7) is 10.3. The van der Waals surface area contributed by atoms with Crippen molar-refractivity contribution >= 4 is 11.9 Å². The number of fused-ring (bicyclic) bond motifs is 5. The third-order valence-electron chi connectivity index (χ3n) is 18.4. The number of ether oxygens (including phenoxy) is 10. The molecule has 0 aromatic rings. The minimum atomic E-state index is -1.69. The molecule has 8 N–H and O–H groups in total. The Bertz CT molecular complexity index is 1850. The SMILES string of the molecule is CC(=O)O[C@@H]1C[C@H](O[C@@H]2[C@H](O)C[C@@H](O[C@@H]3[C@H](O)C[C@@H](O[C@@H]4CC[C@@]5(C)[C@H](CC[C@H]6[C@@H]5C[C@H](O)[C@]5(C)[C@H](C7=CC(=O)OC7)CC[C@]65O)C4)O[C@@H]3C)O[C@@H]2C)O[C@H](C)[C@H]1O[C@H]1O[C@@H](CO)[C@H](O)[C@@H](O)[C@@H]1O. The second kappa shape index (κ2) is 20.0. The first kappa shape index (κ1) is 51.9. The molecular formula is C49H76O20.